The Labute approximate surface area is 143 Å². The van der Waals surface area contributed by atoms with Gasteiger partial charge >= 0.3 is 5.97 Å². The number of aromatic hydroxyl groups is 2. The van der Waals surface area contributed by atoms with Gasteiger partial charge in [0, 0.05) is 12.8 Å². The highest BCUT2D eigenvalue weighted by Crippen LogP contribution is 2.32. The standard InChI is InChI=1S/C17H20O8/c1-9(2-3-10-4-5-11(18)12(19)6-10)25-14-8-17(24,16(22)23)7-13(20)15(14)21/h2-6,13-15,18-21,24H,1,7-8H2,(H,22,23)/b3-2+. The number of ether oxygens (including phenoxy) is 1. The molecule has 2 rings (SSSR count). The average Bonchev–Trinajstić information content (AvgIpc) is 2.53. The summed E-state index contributed by atoms with van der Waals surface area (Å²) in [5, 5.41) is 57.5. The van der Waals surface area contributed by atoms with Crippen LogP contribution < -0.4 is 0 Å². The van der Waals surface area contributed by atoms with Crippen molar-refractivity contribution >= 4 is 12.0 Å². The van der Waals surface area contributed by atoms with Crippen LogP contribution in [-0.2, 0) is 9.53 Å². The molecule has 8 heteroatoms. The molecule has 1 aromatic rings. The predicted molar refractivity (Wildman–Crippen MR) is 86.7 cm³/mol. The van der Waals surface area contributed by atoms with Crippen molar-refractivity contribution in [2.24, 2.45) is 0 Å². The highest BCUT2D eigenvalue weighted by Gasteiger charge is 2.50. The third-order valence-electron chi connectivity index (χ3n) is 4.02. The molecule has 0 aromatic heterocycles. The second kappa shape index (κ2) is 7.14. The van der Waals surface area contributed by atoms with Gasteiger partial charge in [-0.25, -0.2) is 4.79 Å². The molecule has 1 aliphatic rings. The Morgan fingerprint density at radius 1 is 1.24 bits per heavy atom. The van der Waals surface area contributed by atoms with Gasteiger partial charge in [-0.2, -0.15) is 0 Å². The molecule has 0 amide bonds. The fourth-order valence-electron chi connectivity index (χ4n) is 2.60. The molecule has 0 radical (unpaired) electrons. The first-order valence-corrected chi connectivity index (χ1v) is 7.50. The summed E-state index contributed by atoms with van der Waals surface area (Å²) in [5.74, 6) is -2.02. The third-order valence-corrected chi connectivity index (χ3v) is 4.02. The number of rotatable bonds is 5. The van der Waals surface area contributed by atoms with Gasteiger partial charge in [-0.05, 0) is 23.8 Å². The summed E-state index contributed by atoms with van der Waals surface area (Å²) in [5.41, 5.74) is -1.66. The van der Waals surface area contributed by atoms with Crippen molar-refractivity contribution in [3.05, 3.63) is 42.2 Å². The molecule has 4 unspecified atom stereocenters. The number of carboxylic acid groups (broad SMARTS) is 1. The van der Waals surface area contributed by atoms with Crippen LogP contribution in [0.15, 0.2) is 36.6 Å². The maximum Gasteiger partial charge on any atom is 0.335 e. The van der Waals surface area contributed by atoms with E-state index in [1.165, 1.54) is 30.4 Å². The Bertz CT molecular complexity index is 698. The first-order chi connectivity index (χ1) is 11.6. The third kappa shape index (κ3) is 4.30. The SMILES string of the molecule is C=C(/C=C/c1ccc(O)c(O)c1)OC1CC(O)(C(=O)O)CC(O)C1O. The topological polar surface area (TPSA) is 148 Å². The lowest BCUT2D eigenvalue weighted by molar-refractivity contribution is -0.188. The zero-order valence-corrected chi connectivity index (χ0v) is 13.2. The molecule has 0 spiro atoms. The van der Waals surface area contributed by atoms with Gasteiger partial charge in [0.1, 0.15) is 18.0 Å². The summed E-state index contributed by atoms with van der Waals surface area (Å²) in [7, 11) is 0. The van der Waals surface area contributed by atoms with Crippen LogP contribution in [0.1, 0.15) is 18.4 Å². The van der Waals surface area contributed by atoms with E-state index in [1.807, 2.05) is 0 Å². The molecule has 0 heterocycles. The zero-order chi connectivity index (χ0) is 18.8. The fraction of sp³-hybridized carbons (Fsp3) is 0.353. The van der Waals surface area contributed by atoms with Gasteiger partial charge in [0.15, 0.2) is 17.1 Å². The molecular formula is C17H20O8. The van der Waals surface area contributed by atoms with Crippen LogP contribution in [0.3, 0.4) is 0 Å². The van der Waals surface area contributed by atoms with Crippen molar-refractivity contribution in [1.82, 2.24) is 0 Å². The molecule has 25 heavy (non-hydrogen) atoms. The summed E-state index contributed by atoms with van der Waals surface area (Å²) in [6, 6.07) is 4.13. The van der Waals surface area contributed by atoms with E-state index in [4.69, 9.17) is 9.84 Å². The molecule has 1 saturated carbocycles. The molecule has 6 N–H and O–H groups in total. The molecule has 4 atom stereocenters. The monoisotopic (exact) mass is 352 g/mol. The highest BCUT2D eigenvalue weighted by molar-refractivity contribution is 5.77. The Kier molecular flexibility index (Phi) is 5.36. The minimum Gasteiger partial charge on any atom is -0.504 e. The minimum absolute atomic E-state index is 0.0541. The number of aliphatic hydroxyl groups is 3. The molecule has 1 fully saturated rings. The van der Waals surface area contributed by atoms with Gasteiger partial charge in [0.05, 0.1) is 6.10 Å². The van der Waals surface area contributed by atoms with E-state index in [0.29, 0.717) is 5.56 Å². The molecule has 0 saturated heterocycles. The molecule has 1 aliphatic carbocycles. The Morgan fingerprint density at radius 3 is 2.52 bits per heavy atom. The van der Waals surface area contributed by atoms with Crippen LogP contribution in [-0.4, -0.2) is 60.5 Å². The largest absolute Gasteiger partial charge is 0.504 e. The van der Waals surface area contributed by atoms with Gasteiger partial charge in [-0.1, -0.05) is 18.7 Å². The normalized spacial score (nSPS) is 29.5. The number of phenolic OH excluding ortho intramolecular Hbond substituents is 2. The van der Waals surface area contributed by atoms with E-state index in [-0.39, 0.29) is 17.3 Å². The Hall–Kier alpha value is -2.55. The van der Waals surface area contributed by atoms with Gasteiger partial charge in [0.25, 0.3) is 0 Å². The van der Waals surface area contributed by atoms with Crippen LogP contribution in [0.2, 0.25) is 0 Å². The predicted octanol–water partition coefficient (Wildman–Crippen LogP) is 0.341. The maximum absolute atomic E-state index is 11.2. The molecule has 0 aliphatic heterocycles. The maximum atomic E-state index is 11.2. The second-order valence-electron chi connectivity index (χ2n) is 6.01. The van der Waals surface area contributed by atoms with Crippen LogP contribution >= 0.6 is 0 Å². The zero-order valence-electron chi connectivity index (χ0n) is 13.2. The number of carbonyl (C=O) groups is 1. The number of allylic oxidation sites excluding steroid dienone is 1. The van der Waals surface area contributed by atoms with Gasteiger partial charge < -0.3 is 35.4 Å². The van der Waals surface area contributed by atoms with Crippen LogP contribution in [0.5, 0.6) is 11.5 Å². The summed E-state index contributed by atoms with van der Waals surface area (Å²) < 4.78 is 5.37. The number of benzene rings is 1. The molecular weight excluding hydrogens is 332 g/mol. The highest BCUT2D eigenvalue weighted by atomic mass is 16.5. The van der Waals surface area contributed by atoms with Gasteiger partial charge in [0.2, 0.25) is 0 Å². The second-order valence-corrected chi connectivity index (χ2v) is 6.01. The summed E-state index contributed by atoms with van der Waals surface area (Å²) in [6.45, 7) is 3.61. The summed E-state index contributed by atoms with van der Waals surface area (Å²) >= 11 is 0. The smallest absolute Gasteiger partial charge is 0.335 e. The lowest BCUT2D eigenvalue weighted by atomic mass is 9.79. The van der Waals surface area contributed by atoms with E-state index in [1.54, 1.807) is 0 Å². The molecule has 136 valence electrons. The number of hydrogen-bond acceptors (Lipinski definition) is 7. The minimum atomic E-state index is -2.20. The van der Waals surface area contributed by atoms with Crippen LogP contribution in [0.25, 0.3) is 6.08 Å². The summed E-state index contributed by atoms with van der Waals surface area (Å²) in [4.78, 5) is 11.2. The lowest BCUT2D eigenvalue weighted by Crippen LogP contribution is -2.56. The Morgan fingerprint density at radius 2 is 1.92 bits per heavy atom. The van der Waals surface area contributed by atoms with E-state index in [2.05, 4.69) is 6.58 Å². The number of phenols is 2. The molecule has 8 nitrogen and oxygen atoms in total. The van der Waals surface area contributed by atoms with E-state index in [0.717, 1.165) is 0 Å². The molecule has 0 bridgehead atoms. The average molecular weight is 352 g/mol. The number of aliphatic hydroxyl groups excluding tert-OH is 2. The van der Waals surface area contributed by atoms with Crippen LogP contribution in [0, 0.1) is 0 Å². The first-order valence-electron chi connectivity index (χ1n) is 7.50. The number of aliphatic carboxylic acids is 1. The van der Waals surface area contributed by atoms with Crippen LogP contribution in [0.4, 0.5) is 0 Å². The molecule has 1 aromatic carbocycles. The number of carboxylic acids is 1. The quantitative estimate of drug-likeness (QED) is 0.252. The lowest BCUT2D eigenvalue weighted by Gasteiger charge is -2.39. The van der Waals surface area contributed by atoms with Gasteiger partial charge in [-0.15, -0.1) is 0 Å². The van der Waals surface area contributed by atoms with E-state index < -0.39 is 42.7 Å². The van der Waals surface area contributed by atoms with Gasteiger partial charge in [-0.3, -0.25) is 0 Å². The number of hydrogen-bond donors (Lipinski definition) is 6. The van der Waals surface area contributed by atoms with Crippen molar-refractivity contribution in [2.45, 2.75) is 36.8 Å². The van der Waals surface area contributed by atoms with Crippen molar-refractivity contribution in [1.29, 1.82) is 0 Å². The summed E-state index contributed by atoms with van der Waals surface area (Å²) in [6.07, 6.45) is -1.98. The van der Waals surface area contributed by atoms with Crippen molar-refractivity contribution in [3.63, 3.8) is 0 Å². The Balaban J connectivity index is 2.06. The van der Waals surface area contributed by atoms with E-state index >= 15 is 0 Å². The van der Waals surface area contributed by atoms with Crippen molar-refractivity contribution < 1.29 is 40.2 Å². The van der Waals surface area contributed by atoms with Crippen molar-refractivity contribution in [3.8, 4) is 11.5 Å². The fourth-order valence-corrected chi connectivity index (χ4v) is 2.60. The van der Waals surface area contributed by atoms with E-state index in [9.17, 15) is 30.3 Å². The van der Waals surface area contributed by atoms with Crippen molar-refractivity contribution in [2.75, 3.05) is 0 Å². The first kappa shape index (κ1) is 18.8.